The molecule has 168 valence electrons. The van der Waals surface area contributed by atoms with Crippen LogP contribution in [-0.4, -0.2) is 38.4 Å². The van der Waals surface area contributed by atoms with Gasteiger partial charge in [-0.1, -0.05) is 0 Å². The van der Waals surface area contributed by atoms with Gasteiger partial charge in [-0.05, 0) is 43.2 Å². The number of rotatable bonds is 2. The lowest BCUT2D eigenvalue weighted by molar-refractivity contribution is 0.0749. The van der Waals surface area contributed by atoms with Gasteiger partial charge in [0.2, 0.25) is 0 Å². The number of amides is 1. The summed E-state index contributed by atoms with van der Waals surface area (Å²) in [4.78, 5) is 34.8. The normalized spacial score (nSPS) is 17.9. The molecule has 33 heavy (non-hydrogen) atoms. The number of imidazole rings is 1. The number of H-pyrrole nitrogens is 1. The molecule has 4 heterocycles. The Morgan fingerprint density at radius 1 is 1.15 bits per heavy atom. The highest BCUT2D eigenvalue weighted by Crippen LogP contribution is 2.31. The Kier molecular flexibility index (Phi) is 4.38. The van der Waals surface area contributed by atoms with Gasteiger partial charge in [0.25, 0.3) is 11.5 Å². The van der Waals surface area contributed by atoms with E-state index < -0.39 is 11.6 Å². The maximum atomic E-state index is 14.2. The number of hydrogen-bond donors (Lipinski definition) is 1. The van der Waals surface area contributed by atoms with E-state index in [0.29, 0.717) is 35.4 Å². The fraction of sp³-hybridized carbons (Fsp3) is 0.292. The van der Waals surface area contributed by atoms with Crippen molar-refractivity contribution in [3.63, 3.8) is 0 Å². The van der Waals surface area contributed by atoms with Gasteiger partial charge in [-0.15, -0.1) is 0 Å². The Morgan fingerprint density at radius 3 is 2.55 bits per heavy atom. The number of benzene rings is 2. The molecule has 9 heteroatoms. The summed E-state index contributed by atoms with van der Waals surface area (Å²) < 4.78 is 35.7. The summed E-state index contributed by atoms with van der Waals surface area (Å²) in [6, 6.07) is 5.64. The Hall–Kier alpha value is -3.59. The number of ether oxygens (including phenoxy) is 1. The highest BCUT2D eigenvalue weighted by molar-refractivity contribution is 5.99. The molecule has 0 aliphatic carbocycles. The fourth-order valence-electron chi connectivity index (χ4n) is 4.93. The van der Waals surface area contributed by atoms with E-state index in [2.05, 4.69) is 9.97 Å². The molecule has 1 unspecified atom stereocenters. The van der Waals surface area contributed by atoms with E-state index in [9.17, 15) is 18.4 Å². The lowest BCUT2D eigenvalue weighted by Gasteiger charge is -2.18. The molecule has 7 nitrogen and oxygen atoms in total. The molecule has 2 aromatic heterocycles. The van der Waals surface area contributed by atoms with Gasteiger partial charge in [0, 0.05) is 42.3 Å². The third kappa shape index (κ3) is 2.99. The summed E-state index contributed by atoms with van der Waals surface area (Å²) in [6.07, 6.45) is 2.39. The van der Waals surface area contributed by atoms with Crippen molar-refractivity contribution in [2.75, 3.05) is 13.2 Å². The Morgan fingerprint density at radius 2 is 1.88 bits per heavy atom. The van der Waals surface area contributed by atoms with Crippen LogP contribution in [0, 0.1) is 18.6 Å². The standard InChI is InChI=1S/C24H20F2N4O3/c1-12-6-20-19(28-23(31)21-8-27-22(30(20)21)13-4-5-33-11-13)7-14(12)24(32)29-9-15-16(10-29)18(26)3-2-17(15)25/h2-3,6-8,13H,4-5,9-11H2,1H3,(H,28,31). The van der Waals surface area contributed by atoms with Crippen molar-refractivity contribution in [3.05, 3.63) is 80.5 Å². The predicted octanol–water partition coefficient (Wildman–Crippen LogP) is 3.42. The average Bonchev–Trinajstić information content (AvgIpc) is 3.55. The second kappa shape index (κ2) is 7.21. The first kappa shape index (κ1) is 20.0. The molecule has 2 aromatic carbocycles. The molecular formula is C24H20F2N4O3. The Balaban J connectivity index is 1.45. The van der Waals surface area contributed by atoms with Crippen LogP contribution in [0.5, 0.6) is 0 Å². The lowest BCUT2D eigenvalue weighted by atomic mass is 10.0. The van der Waals surface area contributed by atoms with Crippen LogP contribution in [0.2, 0.25) is 0 Å². The van der Waals surface area contributed by atoms with Crippen LogP contribution in [0.25, 0.3) is 16.6 Å². The van der Waals surface area contributed by atoms with Crippen molar-refractivity contribution < 1.29 is 18.3 Å². The first-order valence-electron chi connectivity index (χ1n) is 10.8. The minimum Gasteiger partial charge on any atom is -0.381 e. The molecule has 1 amide bonds. The molecule has 1 atom stereocenters. The highest BCUT2D eigenvalue weighted by atomic mass is 19.1. The summed E-state index contributed by atoms with van der Waals surface area (Å²) in [5.41, 5.74) is 2.84. The number of fused-ring (bicyclic) bond motifs is 4. The predicted molar refractivity (Wildman–Crippen MR) is 116 cm³/mol. The van der Waals surface area contributed by atoms with Crippen LogP contribution in [-0.2, 0) is 17.8 Å². The van der Waals surface area contributed by atoms with E-state index in [1.165, 1.54) is 4.90 Å². The topological polar surface area (TPSA) is 79.7 Å². The van der Waals surface area contributed by atoms with E-state index in [0.717, 1.165) is 29.9 Å². The monoisotopic (exact) mass is 450 g/mol. The Labute approximate surface area is 186 Å². The fourth-order valence-corrected chi connectivity index (χ4v) is 4.93. The van der Waals surface area contributed by atoms with Gasteiger partial charge in [-0.2, -0.15) is 0 Å². The molecule has 2 aliphatic rings. The summed E-state index contributed by atoms with van der Waals surface area (Å²) in [5, 5.41) is 0. The lowest BCUT2D eigenvalue weighted by Crippen LogP contribution is -2.26. The molecule has 6 rings (SSSR count). The van der Waals surface area contributed by atoms with Gasteiger partial charge in [-0.3, -0.25) is 14.0 Å². The average molecular weight is 450 g/mol. The molecule has 0 saturated carbocycles. The first-order chi connectivity index (χ1) is 15.9. The maximum Gasteiger partial charge on any atom is 0.274 e. The number of halogens is 2. The number of hydrogen-bond acceptors (Lipinski definition) is 4. The minimum atomic E-state index is -0.521. The maximum absolute atomic E-state index is 14.2. The van der Waals surface area contributed by atoms with Crippen LogP contribution in [0.3, 0.4) is 0 Å². The van der Waals surface area contributed by atoms with Gasteiger partial charge in [0.15, 0.2) is 0 Å². The Bertz CT molecular complexity index is 1490. The van der Waals surface area contributed by atoms with Crippen molar-refractivity contribution in [1.29, 1.82) is 0 Å². The summed E-state index contributed by atoms with van der Waals surface area (Å²) in [5.74, 6) is -0.537. The quantitative estimate of drug-likeness (QED) is 0.508. The summed E-state index contributed by atoms with van der Waals surface area (Å²) >= 11 is 0. The largest absolute Gasteiger partial charge is 0.381 e. The van der Waals surface area contributed by atoms with E-state index in [1.54, 1.807) is 12.3 Å². The number of aryl methyl sites for hydroxylation is 1. The third-order valence-corrected chi connectivity index (χ3v) is 6.68. The minimum absolute atomic E-state index is 0.00184. The van der Waals surface area contributed by atoms with Gasteiger partial charge in [-0.25, -0.2) is 13.8 Å². The van der Waals surface area contributed by atoms with Crippen molar-refractivity contribution in [1.82, 2.24) is 19.3 Å². The zero-order chi connectivity index (χ0) is 22.9. The summed E-state index contributed by atoms with van der Waals surface area (Å²) in [6.45, 7) is 3.00. The SMILES string of the molecule is Cc1cc2c(cc1C(=O)N1Cc3c(F)ccc(F)c3C1)[nH]c(=O)c1cnc(C3CCOC3)n12. The molecule has 1 fully saturated rings. The van der Waals surface area contributed by atoms with Crippen LogP contribution in [0.15, 0.2) is 35.3 Å². The molecular weight excluding hydrogens is 430 g/mol. The van der Waals surface area contributed by atoms with E-state index in [4.69, 9.17) is 4.74 Å². The van der Waals surface area contributed by atoms with E-state index in [1.807, 2.05) is 17.4 Å². The smallest absolute Gasteiger partial charge is 0.274 e. The number of aromatic nitrogens is 3. The number of carbonyl (C=O) groups excluding carboxylic acids is 1. The first-order valence-corrected chi connectivity index (χ1v) is 10.8. The molecule has 2 aliphatic heterocycles. The molecule has 0 spiro atoms. The molecule has 0 radical (unpaired) electrons. The molecule has 0 bridgehead atoms. The van der Waals surface area contributed by atoms with E-state index >= 15 is 0 Å². The van der Waals surface area contributed by atoms with Crippen LogP contribution < -0.4 is 5.56 Å². The number of aromatic amines is 1. The van der Waals surface area contributed by atoms with Gasteiger partial charge in [0.05, 0.1) is 23.8 Å². The second-order valence-electron chi connectivity index (χ2n) is 8.68. The molecule has 4 aromatic rings. The molecule has 1 saturated heterocycles. The van der Waals surface area contributed by atoms with Gasteiger partial charge < -0.3 is 14.6 Å². The highest BCUT2D eigenvalue weighted by Gasteiger charge is 2.30. The zero-order valence-electron chi connectivity index (χ0n) is 17.8. The van der Waals surface area contributed by atoms with Crippen molar-refractivity contribution >= 4 is 22.5 Å². The van der Waals surface area contributed by atoms with Crippen LogP contribution >= 0.6 is 0 Å². The number of nitrogens with one attached hydrogen (secondary N) is 1. The van der Waals surface area contributed by atoms with Gasteiger partial charge >= 0.3 is 0 Å². The van der Waals surface area contributed by atoms with Crippen molar-refractivity contribution in [2.24, 2.45) is 0 Å². The second-order valence-corrected chi connectivity index (χ2v) is 8.68. The number of nitrogens with zero attached hydrogens (tertiary/aromatic N) is 3. The van der Waals surface area contributed by atoms with Crippen molar-refractivity contribution in [3.8, 4) is 0 Å². The van der Waals surface area contributed by atoms with Crippen LogP contribution in [0.1, 0.15) is 45.2 Å². The number of carbonyl (C=O) groups is 1. The summed E-state index contributed by atoms with van der Waals surface area (Å²) in [7, 11) is 0. The molecule has 1 N–H and O–H groups in total. The van der Waals surface area contributed by atoms with E-state index in [-0.39, 0.29) is 41.6 Å². The van der Waals surface area contributed by atoms with Crippen LogP contribution in [0.4, 0.5) is 8.78 Å². The zero-order valence-corrected chi connectivity index (χ0v) is 17.8. The van der Waals surface area contributed by atoms with Crippen molar-refractivity contribution in [2.45, 2.75) is 32.4 Å². The van der Waals surface area contributed by atoms with Gasteiger partial charge in [0.1, 0.15) is 23.0 Å². The third-order valence-electron chi connectivity index (χ3n) is 6.68.